The Labute approximate surface area is 166 Å². The molecule has 0 radical (unpaired) electrons. The van der Waals surface area contributed by atoms with Gasteiger partial charge < -0.3 is 4.74 Å². The summed E-state index contributed by atoms with van der Waals surface area (Å²) < 4.78 is 8.41. The number of aryl methyl sites for hydroxylation is 1. The molecule has 28 heavy (non-hydrogen) atoms. The molecule has 0 saturated carbocycles. The van der Waals surface area contributed by atoms with Crippen LogP contribution in [-0.4, -0.2) is 16.2 Å². The van der Waals surface area contributed by atoms with Gasteiger partial charge >= 0.3 is 0 Å². The minimum atomic E-state index is -0.184. The second-order valence-electron chi connectivity index (χ2n) is 6.79. The van der Waals surface area contributed by atoms with E-state index in [1.807, 2.05) is 37.4 Å². The van der Waals surface area contributed by atoms with E-state index in [1.54, 1.807) is 0 Å². The number of benzene rings is 3. The lowest BCUT2D eigenvalue weighted by molar-refractivity contribution is 0.0873. The van der Waals surface area contributed by atoms with Crippen LogP contribution in [0.15, 0.2) is 91.1 Å². The number of ether oxygens (including phenoxy) is 1. The van der Waals surface area contributed by atoms with E-state index in [2.05, 4.69) is 72.2 Å². The van der Waals surface area contributed by atoms with Gasteiger partial charge in [0.1, 0.15) is 11.9 Å². The van der Waals surface area contributed by atoms with Gasteiger partial charge in [0.2, 0.25) is 0 Å². The monoisotopic (exact) mass is 368 g/mol. The van der Waals surface area contributed by atoms with Crippen LogP contribution in [0.4, 0.5) is 0 Å². The first-order valence-corrected chi connectivity index (χ1v) is 9.64. The zero-order valence-corrected chi connectivity index (χ0v) is 16.2. The molecule has 3 aromatic carbocycles. The van der Waals surface area contributed by atoms with E-state index in [-0.39, 0.29) is 6.10 Å². The number of rotatable bonds is 6. The third kappa shape index (κ3) is 3.62. The van der Waals surface area contributed by atoms with E-state index in [0.29, 0.717) is 6.61 Å². The van der Waals surface area contributed by atoms with Crippen LogP contribution in [0, 0.1) is 6.92 Å². The van der Waals surface area contributed by atoms with E-state index in [0.717, 1.165) is 28.3 Å². The second kappa shape index (κ2) is 8.24. The van der Waals surface area contributed by atoms with Crippen LogP contribution in [0.3, 0.4) is 0 Å². The first kappa shape index (κ1) is 18.2. The Morgan fingerprint density at radius 2 is 1.50 bits per heavy atom. The van der Waals surface area contributed by atoms with Crippen molar-refractivity contribution in [1.82, 2.24) is 9.55 Å². The van der Waals surface area contributed by atoms with Gasteiger partial charge in [-0.25, -0.2) is 4.98 Å². The van der Waals surface area contributed by atoms with E-state index in [1.165, 1.54) is 5.56 Å². The maximum atomic E-state index is 6.20. The molecule has 0 N–H and O–H groups in total. The lowest BCUT2D eigenvalue weighted by Gasteiger charge is -2.21. The maximum Gasteiger partial charge on any atom is 0.144 e. The molecule has 3 nitrogen and oxygen atoms in total. The van der Waals surface area contributed by atoms with Crippen molar-refractivity contribution in [3.8, 4) is 17.1 Å². The molecule has 140 valence electrons. The van der Waals surface area contributed by atoms with Crippen molar-refractivity contribution in [2.24, 2.45) is 0 Å². The Morgan fingerprint density at radius 3 is 2.14 bits per heavy atom. The van der Waals surface area contributed by atoms with E-state index in [4.69, 9.17) is 9.72 Å². The average molecular weight is 368 g/mol. The number of para-hydroxylation sites is 1. The molecule has 4 aromatic rings. The topological polar surface area (TPSA) is 27.1 Å². The Morgan fingerprint density at radius 1 is 0.857 bits per heavy atom. The summed E-state index contributed by atoms with van der Waals surface area (Å²) >= 11 is 0. The number of hydrogen-bond donors (Lipinski definition) is 0. The molecule has 0 saturated heterocycles. The van der Waals surface area contributed by atoms with Crippen molar-refractivity contribution < 1.29 is 4.74 Å². The predicted molar refractivity (Wildman–Crippen MR) is 114 cm³/mol. The van der Waals surface area contributed by atoms with Crippen LogP contribution in [0.2, 0.25) is 0 Å². The van der Waals surface area contributed by atoms with Crippen molar-refractivity contribution in [1.29, 1.82) is 0 Å². The number of imidazole rings is 1. The summed E-state index contributed by atoms with van der Waals surface area (Å²) in [7, 11) is 0. The highest BCUT2D eigenvalue weighted by molar-refractivity contribution is 5.60. The molecule has 0 bridgehead atoms. The minimum absolute atomic E-state index is 0.184. The molecule has 0 aliphatic heterocycles. The van der Waals surface area contributed by atoms with E-state index in [9.17, 15) is 0 Å². The first-order valence-electron chi connectivity index (χ1n) is 9.64. The SMILES string of the molecule is CCOC(c1ccc(C)cc1)c1cnc(-c2ccccc2)n1-c1ccccc1. The van der Waals surface area contributed by atoms with Gasteiger partial charge in [-0.2, -0.15) is 0 Å². The molecule has 0 fully saturated rings. The lowest BCUT2D eigenvalue weighted by atomic mass is 10.0. The van der Waals surface area contributed by atoms with Crippen LogP contribution in [-0.2, 0) is 4.74 Å². The van der Waals surface area contributed by atoms with Crippen molar-refractivity contribution in [3.63, 3.8) is 0 Å². The largest absolute Gasteiger partial charge is 0.367 e. The maximum absolute atomic E-state index is 6.20. The van der Waals surface area contributed by atoms with Crippen molar-refractivity contribution >= 4 is 0 Å². The third-order valence-electron chi connectivity index (χ3n) is 4.82. The van der Waals surface area contributed by atoms with Crippen molar-refractivity contribution in [2.75, 3.05) is 6.61 Å². The molecule has 3 heteroatoms. The van der Waals surface area contributed by atoms with Gasteiger partial charge in [0.15, 0.2) is 0 Å². The Kier molecular flexibility index (Phi) is 5.36. The molecule has 4 rings (SSSR count). The standard InChI is InChI=1S/C25H24N2O/c1-3-28-24(20-16-14-19(2)15-17-20)23-18-26-25(21-10-6-4-7-11-21)27(23)22-12-8-5-9-13-22/h4-18,24H,3H2,1-2H3. The highest BCUT2D eigenvalue weighted by Gasteiger charge is 2.23. The van der Waals surface area contributed by atoms with Crippen LogP contribution in [0.25, 0.3) is 17.1 Å². The van der Waals surface area contributed by atoms with Gasteiger partial charge in [-0.1, -0.05) is 78.4 Å². The number of hydrogen-bond acceptors (Lipinski definition) is 2. The molecular weight excluding hydrogens is 344 g/mol. The summed E-state index contributed by atoms with van der Waals surface area (Å²) in [5.74, 6) is 0.915. The van der Waals surface area contributed by atoms with Gasteiger partial charge in [0.25, 0.3) is 0 Å². The molecule has 1 aromatic heterocycles. The smallest absolute Gasteiger partial charge is 0.144 e. The minimum Gasteiger partial charge on any atom is -0.367 e. The summed E-state index contributed by atoms with van der Waals surface area (Å²) in [5.41, 5.74) is 5.54. The van der Waals surface area contributed by atoms with Crippen LogP contribution in [0.5, 0.6) is 0 Å². The fourth-order valence-corrected chi connectivity index (χ4v) is 3.45. The molecule has 1 atom stereocenters. The summed E-state index contributed by atoms with van der Waals surface area (Å²) in [6.07, 6.45) is 1.76. The lowest BCUT2D eigenvalue weighted by Crippen LogP contribution is -2.12. The van der Waals surface area contributed by atoms with Gasteiger partial charge in [0.05, 0.1) is 11.9 Å². The Bertz CT molecular complexity index is 1020. The fourth-order valence-electron chi connectivity index (χ4n) is 3.45. The summed E-state index contributed by atoms with van der Waals surface area (Å²) in [6, 6.07) is 29.2. The molecule has 0 aliphatic rings. The average Bonchev–Trinajstić information content (AvgIpc) is 3.19. The van der Waals surface area contributed by atoms with E-state index >= 15 is 0 Å². The molecule has 1 unspecified atom stereocenters. The summed E-state index contributed by atoms with van der Waals surface area (Å²) in [6.45, 7) is 4.75. The van der Waals surface area contributed by atoms with Gasteiger partial charge in [-0.3, -0.25) is 4.57 Å². The molecular formula is C25H24N2O. The predicted octanol–water partition coefficient (Wildman–Crippen LogP) is 5.97. The fraction of sp³-hybridized carbons (Fsp3) is 0.160. The highest BCUT2D eigenvalue weighted by Crippen LogP contribution is 2.32. The van der Waals surface area contributed by atoms with Crippen LogP contribution < -0.4 is 0 Å². The quantitative estimate of drug-likeness (QED) is 0.419. The highest BCUT2D eigenvalue weighted by atomic mass is 16.5. The third-order valence-corrected chi connectivity index (χ3v) is 4.82. The molecule has 0 spiro atoms. The van der Waals surface area contributed by atoms with Gasteiger partial charge in [-0.05, 0) is 31.5 Å². The zero-order chi connectivity index (χ0) is 19.3. The van der Waals surface area contributed by atoms with Gasteiger partial charge in [-0.15, -0.1) is 0 Å². The van der Waals surface area contributed by atoms with Crippen LogP contribution >= 0.6 is 0 Å². The molecule has 0 amide bonds. The summed E-state index contributed by atoms with van der Waals surface area (Å²) in [4.78, 5) is 4.79. The first-order chi connectivity index (χ1) is 13.8. The van der Waals surface area contributed by atoms with Crippen molar-refractivity contribution in [2.45, 2.75) is 20.0 Å². The van der Waals surface area contributed by atoms with Gasteiger partial charge in [0, 0.05) is 17.9 Å². The molecule has 0 aliphatic carbocycles. The van der Waals surface area contributed by atoms with Crippen LogP contribution in [0.1, 0.15) is 29.8 Å². The Balaban J connectivity index is 1.90. The molecule has 1 heterocycles. The zero-order valence-electron chi connectivity index (χ0n) is 16.2. The number of aromatic nitrogens is 2. The number of nitrogens with zero attached hydrogens (tertiary/aromatic N) is 2. The Hall–Kier alpha value is -3.17. The second-order valence-corrected chi connectivity index (χ2v) is 6.79. The normalized spacial score (nSPS) is 12.1. The van der Waals surface area contributed by atoms with Crippen molar-refractivity contribution in [3.05, 3.63) is 108 Å². The van der Waals surface area contributed by atoms with E-state index < -0.39 is 0 Å². The summed E-state index contributed by atoms with van der Waals surface area (Å²) in [5, 5.41) is 0.